The maximum Gasteiger partial charge on any atom is 0.233 e. The van der Waals surface area contributed by atoms with Crippen molar-refractivity contribution in [1.82, 2.24) is 15.1 Å². The lowest BCUT2D eigenvalue weighted by molar-refractivity contribution is 0.213. The maximum absolute atomic E-state index is 5.74. The lowest BCUT2D eigenvalue weighted by Gasteiger charge is -2.21. The van der Waals surface area contributed by atoms with Crippen molar-refractivity contribution in [3.05, 3.63) is 34.2 Å². The Morgan fingerprint density at radius 3 is 2.74 bits per heavy atom. The summed E-state index contributed by atoms with van der Waals surface area (Å²) >= 11 is 1.72. The van der Waals surface area contributed by atoms with Gasteiger partial charge in [0.15, 0.2) is 0 Å². The van der Waals surface area contributed by atoms with Crippen LogP contribution in [0.3, 0.4) is 0 Å². The monoisotopic (exact) mass is 279 g/mol. The van der Waals surface area contributed by atoms with Crippen LogP contribution in [-0.2, 0) is 13.0 Å². The normalized spacial score (nSPS) is 13.4. The topological polar surface area (TPSA) is 42.2 Å². The minimum atomic E-state index is 0.133. The number of rotatable bonds is 6. The van der Waals surface area contributed by atoms with Gasteiger partial charge in [0.05, 0.1) is 6.04 Å². The van der Waals surface area contributed by atoms with Gasteiger partial charge in [-0.2, -0.15) is 11.3 Å². The molecule has 0 aromatic carbocycles. The third kappa shape index (κ3) is 3.88. The molecule has 0 saturated carbocycles. The van der Waals surface area contributed by atoms with Crippen LogP contribution in [0, 0.1) is 5.92 Å². The zero-order chi connectivity index (χ0) is 13.8. The van der Waals surface area contributed by atoms with Crippen LogP contribution in [0.4, 0.5) is 0 Å². The molecule has 0 radical (unpaired) electrons. The van der Waals surface area contributed by atoms with Crippen LogP contribution < -0.4 is 0 Å². The van der Waals surface area contributed by atoms with E-state index in [1.165, 1.54) is 5.56 Å². The molecular weight excluding hydrogens is 258 g/mol. The largest absolute Gasteiger partial charge is 0.424 e. The fourth-order valence-electron chi connectivity index (χ4n) is 1.86. The molecule has 2 rings (SSSR count). The van der Waals surface area contributed by atoms with Crippen molar-refractivity contribution in [2.45, 2.75) is 39.8 Å². The second-order valence-electron chi connectivity index (χ2n) is 5.35. The highest BCUT2D eigenvalue weighted by atomic mass is 32.1. The molecule has 2 aromatic heterocycles. The summed E-state index contributed by atoms with van der Waals surface area (Å²) in [5.74, 6) is 1.97. The minimum Gasteiger partial charge on any atom is -0.424 e. The zero-order valence-electron chi connectivity index (χ0n) is 12.0. The van der Waals surface area contributed by atoms with Crippen LogP contribution >= 0.6 is 11.3 Å². The van der Waals surface area contributed by atoms with Gasteiger partial charge < -0.3 is 4.42 Å². The molecule has 0 amide bonds. The first-order chi connectivity index (χ1) is 9.06. The standard InChI is InChI=1S/C14H21N3OS/c1-10(2)7-13-15-16-14(18-13)11(3)17(4)8-12-5-6-19-9-12/h5-6,9-11H,7-8H2,1-4H3/t11-/m1/s1. The summed E-state index contributed by atoms with van der Waals surface area (Å²) in [4.78, 5) is 2.22. The van der Waals surface area contributed by atoms with Gasteiger partial charge in [-0.3, -0.25) is 4.90 Å². The van der Waals surface area contributed by atoms with Gasteiger partial charge >= 0.3 is 0 Å². The van der Waals surface area contributed by atoms with E-state index in [0.717, 1.165) is 18.9 Å². The van der Waals surface area contributed by atoms with Crippen molar-refractivity contribution < 1.29 is 4.42 Å². The molecule has 0 aliphatic carbocycles. The van der Waals surface area contributed by atoms with Gasteiger partial charge in [0.25, 0.3) is 0 Å². The average molecular weight is 279 g/mol. The molecule has 0 saturated heterocycles. The summed E-state index contributed by atoms with van der Waals surface area (Å²) in [6.07, 6.45) is 0.841. The smallest absolute Gasteiger partial charge is 0.233 e. The molecule has 2 heterocycles. The highest BCUT2D eigenvalue weighted by Crippen LogP contribution is 2.21. The molecular formula is C14H21N3OS. The number of hydrogen-bond acceptors (Lipinski definition) is 5. The Labute approximate surface area is 118 Å². The molecule has 4 nitrogen and oxygen atoms in total. The Morgan fingerprint density at radius 2 is 2.11 bits per heavy atom. The van der Waals surface area contributed by atoms with Crippen LogP contribution in [-0.4, -0.2) is 22.1 Å². The van der Waals surface area contributed by atoms with E-state index in [4.69, 9.17) is 4.42 Å². The molecule has 5 heteroatoms. The summed E-state index contributed by atoms with van der Waals surface area (Å²) < 4.78 is 5.74. The lowest BCUT2D eigenvalue weighted by atomic mass is 10.1. The summed E-state index contributed by atoms with van der Waals surface area (Å²) in [6, 6.07) is 2.28. The molecule has 2 aromatic rings. The van der Waals surface area contributed by atoms with Crippen molar-refractivity contribution in [1.29, 1.82) is 0 Å². The van der Waals surface area contributed by atoms with Crippen molar-refractivity contribution in [2.24, 2.45) is 5.92 Å². The molecule has 104 valence electrons. The summed E-state index contributed by atoms with van der Waals surface area (Å²) in [5, 5.41) is 12.5. The molecule has 0 spiro atoms. The first-order valence-electron chi connectivity index (χ1n) is 6.60. The Bertz CT molecular complexity index is 493. The van der Waals surface area contributed by atoms with Crippen molar-refractivity contribution >= 4 is 11.3 Å². The minimum absolute atomic E-state index is 0.133. The van der Waals surface area contributed by atoms with Crippen LogP contribution in [0.2, 0.25) is 0 Å². The Hall–Kier alpha value is -1.20. The number of aromatic nitrogens is 2. The number of hydrogen-bond donors (Lipinski definition) is 0. The predicted molar refractivity (Wildman–Crippen MR) is 77.0 cm³/mol. The van der Waals surface area contributed by atoms with Gasteiger partial charge in [0.2, 0.25) is 11.8 Å². The molecule has 0 N–H and O–H groups in total. The molecule has 0 aliphatic heterocycles. The molecule has 1 atom stereocenters. The Balaban J connectivity index is 1.98. The lowest BCUT2D eigenvalue weighted by Crippen LogP contribution is -2.21. The summed E-state index contributed by atoms with van der Waals surface area (Å²) in [6.45, 7) is 7.29. The Morgan fingerprint density at radius 1 is 1.32 bits per heavy atom. The van der Waals surface area contributed by atoms with E-state index in [-0.39, 0.29) is 6.04 Å². The molecule has 0 unspecified atom stereocenters. The summed E-state index contributed by atoms with van der Waals surface area (Å²) in [5.41, 5.74) is 1.32. The van der Waals surface area contributed by atoms with Crippen molar-refractivity contribution in [3.63, 3.8) is 0 Å². The number of nitrogens with zero attached hydrogens (tertiary/aromatic N) is 3. The van der Waals surface area contributed by atoms with Gasteiger partial charge in [-0.1, -0.05) is 13.8 Å². The highest BCUT2D eigenvalue weighted by Gasteiger charge is 2.19. The highest BCUT2D eigenvalue weighted by molar-refractivity contribution is 7.07. The van der Waals surface area contributed by atoms with Crippen molar-refractivity contribution in [3.8, 4) is 0 Å². The maximum atomic E-state index is 5.74. The predicted octanol–water partition coefficient (Wildman–Crippen LogP) is 3.52. The van der Waals surface area contributed by atoms with E-state index < -0.39 is 0 Å². The zero-order valence-corrected chi connectivity index (χ0v) is 12.8. The molecule has 0 fully saturated rings. The summed E-state index contributed by atoms with van der Waals surface area (Å²) in [7, 11) is 2.08. The molecule has 0 bridgehead atoms. The van der Waals surface area contributed by atoms with Gasteiger partial charge in [0.1, 0.15) is 0 Å². The molecule has 19 heavy (non-hydrogen) atoms. The third-order valence-electron chi connectivity index (χ3n) is 3.10. The third-order valence-corrected chi connectivity index (χ3v) is 3.83. The Kier molecular flexibility index (Phi) is 4.71. The van der Waals surface area contributed by atoms with E-state index in [1.54, 1.807) is 11.3 Å². The van der Waals surface area contributed by atoms with Crippen LogP contribution in [0.5, 0.6) is 0 Å². The SMILES string of the molecule is CC(C)Cc1nnc([C@@H](C)N(C)Cc2ccsc2)o1. The van der Waals surface area contributed by atoms with Gasteiger partial charge in [-0.05, 0) is 42.3 Å². The number of thiophene rings is 1. The quantitative estimate of drug-likeness (QED) is 0.811. The molecule has 0 aliphatic rings. The van der Waals surface area contributed by atoms with E-state index in [0.29, 0.717) is 11.8 Å². The van der Waals surface area contributed by atoms with Gasteiger partial charge in [0, 0.05) is 13.0 Å². The van der Waals surface area contributed by atoms with Crippen LogP contribution in [0.1, 0.15) is 44.2 Å². The van der Waals surface area contributed by atoms with Crippen molar-refractivity contribution in [2.75, 3.05) is 7.05 Å². The van der Waals surface area contributed by atoms with Crippen LogP contribution in [0.15, 0.2) is 21.2 Å². The fraction of sp³-hybridized carbons (Fsp3) is 0.571. The second kappa shape index (κ2) is 6.30. The van der Waals surface area contributed by atoms with Crippen LogP contribution in [0.25, 0.3) is 0 Å². The van der Waals surface area contributed by atoms with E-state index in [1.807, 2.05) is 0 Å². The van der Waals surface area contributed by atoms with E-state index >= 15 is 0 Å². The first kappa shape index (κ1) is 14.2. The van der Waals surface area contributed by atoms with Gasteiger partial charge in [-0.15, -0.1) is 10.2 Å². The van der Waals surface area contributed by atoms with E-state index in [9.17, 15) is 0 Å². The fourth-order valence-corrected chi connectivity index (χ4v) is 2.52. The average Bonchev–Trinajstić information content (AvgIpc) is 2.98. The van der Waals surface area contributed by atoms with Gasteiger partial charge in [-0.25, -0.2) is 0 Å². The first-order valence-corrected chi connectivity index (χ1v) is 7.54. The second-order valence-corrected chi connectivity index (χ2v) is 6.13. The van der Waals surface area contributed by atoms with E-state index in [2.05, 4.69) is 59.7 Å².